The van der Waals surface area contributed by atoms with Gasteiger partial charge < -0.3 is 14.6 Å². The molecular formula is C23H29N5O5S2. The van der Waals surface area contributed by atoms with E-state index >= 15 is 0 Å². The summed E-state index contributed by atoms with van der Waals surface area (Å²) in [6, 6.07) is 8.04. The molecule has 12 heteroatoms. The van der Waals surface area contributed by atoms with Crippen LogP contribution in [-0.2, 0) is 21.4 Å². The molecule has 1 fully saturated rings. The average molecular weight is 520 g/mol. The highest BCUT2D eigenvalue weighted by atomic mass is 32.2. The van der Waals surface area contributed by atoms with E-state index in [0.717, 1.165) is 24.3 Å². The van der Waals surface area contributed by atoms with Crippen molar-refractivity contribution in [2.24, 2.45) is 5.92 Å². The lowest BCUT2D eigenvalue weighted by Gasteiger charge is -2.31. The van der Waals surface area contributed by atoms with Crippen molar-refractivity contribution >= 4 is 33.0 Å². The lowest BCUT2D eigenvalue weighted by atomic mass is 9.97. The number of thiophene rings is 1. The topological polar surface area (TPSA) is 127 Å². The van der Waals surface area contributed by atoms with Crippen molar-refractivity contribution in [3.8, 4) is 16.5 Å². The number of rotatable bonds is 9. The molecule has 1 atom stereocenters. The Hall–Kier alpha value is -2.80. The van der Waals surface area contributed by atoms with Gasteiger partial charge in [0.1, 0.15) is 5.75 Å². The highest BCUT2D eigenvalue weighted by Crippen LogP contribution is 2.29. The molecule has 1 aliphatic heterocycles. The zero-order chi connectivity index (χ0) is 25.0. The molecule has 1 unspecified atom stereocenters. The Labute approximate surface area is 208 Å². The molecule has 35 heavy (non-hydrogen) atoms. The highest BCUT2D eigenvalue weighted by molar-refractivity contribution is 7.89. The molecule has 0 aliphatic carbocycles. The number of hydrogen-bond donors (Lipinski definition) is 2. The number of methoxy groups -OCH3 is 1. The molecular weight excluding hydrogens is 490 g/mol. The molecule has 2 N–H and O–H groups in total. The summed E-state index contributed by atoms with van der Waals surface area (Å²) in [4.78, 5) is 20.7. The molecule has 3 aromatic rings. The van der Waals surface area contributed by atoms with Crippen LogP contribution in [-0.4, -0.2) is 55.6 Å². The van der Waals surface area contributed by atoms with Crippen molar-refractivity contribution in [1.29, 1.82) is 0 Å². The first-order chi connectivity index (χ1) is 16.7. The van der Waals surface area contributed by atoms with Gasteiger partial charge in [0.25, 0.3) is 0 Å². The zero-order valence-electron chi connectivity index (χ0n) is 19.9. The molecule has 3 heterocycles. The van der Waals surface area contributed by atoms with Crippen LogP contribution in [0.3, 0.4) is 0 Å². The second-order valence-electron chi connectivity index (χ2n) is 8.69. The maximum Gasteiger partial charge on any atom is 0.241 e. The van der Waals surface area contributed by atoms with Gasteiger partial charge in [-0.15, -0.1) is 11.3 Å². The number of ether oxygens (including phenoxy) is 1. The van der Waals surface area contributed by atoms with Gasteiger partial charge in [-0.2, -0.15) is 4.98 Å². The fourth-order valence-electron chi connectivity index (χ4n) is 3.99. The lowest BCUT2D eigenvalue weighted by molar-refractivity contribution is -0.121. The minimum Gasteiger partial charge on any atom is -0.495 e. The predicted octanol–water partition coefficient (Wildman–Crippen LogP) is 3.34. The van der Waals surface area contributed by atoms with E-state index in [-0.39, 0.29) is 22.8 Å². The minimum atomic E-state index is -3.71. The molecule has 0 saturated carbocycles. The number of anilines is 1. The van der Waals surface area contributed by atoms with Crippen LogP contribution < -0.4 is 14.8 Å². The molecule has 0 spiro atoms. The Morgan fingerprint density at radius 3 is 2.89 bits per heavy atom. The van der Waals surface area contributed by atoms with Crippen molar-refractivity contribution < 1.29 is 22.5 Å². The summed E-state index contributed by atoms with van der Waals surface area (Å²) in [7, 11) is -2.24. The van der Waals surface area contributed by atoms with E-state index in [1.807, 2.05) is 17.5 Å². The molecule has 188 valence electrons. The third kappa shape index (κ3) is 6.26. The number of amides is 1. The number of likely N-dealkylation sites (tertiary alicyclic amines) is 1. The zero-order valence-corrected chi connectivity index (χ0v) is 21.5. The van der Waals surface area contributed by atoms with E-state index in [9.17, 15) is 13.2 Å². The standard InChI is InChI=1S/C23H29N5O5S2/c1-15(2)27-35(30,31)17-8-9-19(32-3)18(12-17)24-23(29)16-6-4-10-28(13-16)14-21-25-22(26-33-21)20-7-5-11-34-20/h5,7-9,11-12,15-16,27H,4,6,10,13-14H2,1-3H3,(H,24,29). The van der Waals surface area contributed by atoms with Crippen molar-refractivity contribution in [2.45, 2.75) is 44.2 Å². The van der Waals surface area contributed by atoms with Crippen LogP contribution in [0.25, 0.3) is 10.7 Å². The third-order valence-electron chi connectivity index (χ3n) is 5.57. The van der Waals surface area contributed by atoms with E-state index in [2.05, 4.69) is 25.1 Å². The first-order valence-corrected chi connectivity index (χ1v) is 13.7. The summed E-state index contributed by atoms with van der Waals surface area (Å²) in [5.74, 6) is 0.995. The van der Waals surface area contributed by atoms with Crippen LogP contribution in [0.15, 0.2) is 45.1 Å². The van der Waals surface area contributed by atoms with Crippen LogP contribution in [0.2, 0.25) is 0 Å². The third-order valence-corrected chi connectivity index (χ3v) is 8.10. The molecule has 1 aromatic carbocycles. The fourth-order valence-corrected chi connectivity index (χ4v) is 5.92. The number of nitrogens with one attached hydrogen (secondary N) is 2. The van der Waals surface area contributed by atoms with Gasteiger partial charge in [0.05, 0.1) is 35.0 Å². The van der Waals surface area contributed by atoms with Gasteiger partial charge in [0, 0.05) is 12.6 Å². The molecule has 1 amide bonds. The number of piperidine rings is 1. The van der Waals surface area contributed by atoms with E-state index in [4.69, 9.17) is 9.26 Å². The van der Waals surface area contributed by atoms with Crippen LogP contribution in [0.1, 0.15) is 32.6 Å². The van der Waals surface area contributed by atoms with E-state index in [1.54, 1.807) is 31.3 Å². The maximum atomic E-state index is 13.1. The highest BCUT2D eigenvalue weighted by Gasteiger charge is 2.28. The smallest absolute Gasteiger partial charge is 0.241 e. The van der Waals surface area contributed by atoms with E-state index in [0.29, 0.717) is 36.2 Å². The number of aromatic nitrogens is 2. The first kappa shape index (κ1) is 25.3. The summed E-state index contributed by atoms with van der Waals surface area (Å²) >= 11 is 1.55. The second kappa shape index (κ2) is 10.9. The van der Waals surface area contributed by atoms with Gasteiger partial charge in [-0.05, 0) is 62.9 Å². The number of benzene rings is 1. The normalized spacial score (nSPS) is 17.0. The molecule has 4 rings (SSSR count). The van der Waals surface area contributed by atoms with Gasteiger partial charge in [-0.25, -0.2) is 13.1 Å². The quantitative estimate of drug-likeness (QED) is 0.441. The number of hydrogen-bond acceptors (Lipinski definition) is 9. The van der Waals surface area contributed by atoms with Gasteiger partial charge in [-0.3, -0.25) is 9.69 Å². The summed E-state index contributed by atoms with van der Waals surface area (Å²) in [6.07, 6.45) is 1.57. The summed E-state index contributed by atoms with van der Waals surface area (Å²) < 4.78 is 38.5. The Morgan fingerprint density at radius 1 is 1.34 bits per heavy atom. The number of nitrogens with zero attached hydrogens (tertiary/aromatic N) is 3. The average Bonchev–Trinajstić information content (AvgIpc) is 3.50. The predicted molar refractivity (Wildman–Crippen MR) is 133 cm³/mol. The number of carbonyl (C=O) groups is 1. The molecule has 0 radical (unpaired) electrons. The molecule has 2 aromatic heterocycles. The molecule has 10 nitrogen and oxygen atoms in total. The Kier molecular flexibility index (Phi) is 7.85. The maximum absolute atomic E-state index is 13.1. The Morgan fingerprint density at radius 2 is 2.17 bits per heavy atom. The van der Waals surface area contributed by atoms with Gasteiger partial charge in [0.2, 0.25) is 27.6 Å². The Bertz CT molecular complexity index is 1260. The largest absolute Gasteiger partial charge is 0.495 e. The van der Waals surface area contributed by atoms with E-state index < -0.39 is 10.0 Å². The van der Waals surface area contributed by atoms with Gasteiger partial charge >= 0.3 is 0 Å². The van der Waals surface area contributed by atoms with Crippen molar-refractivity contribution in [1.82, 2.24) is 19.8 Å². The molecule has 0 bridgehead atoms. The van der Waals surface area contributed by atoms with E-state index in [1.165, 1.54) is 19.2 Å². The molecule has 1 saturated heterocycles. The SMILES string of the molecule is COc1ccc(S(=O)(=O)NC(C)C)cc1NC(=O)C1CCCN(Cc2nc(-c3cccs3)no2)C1. The fraction of sp³-hybridized carbons (Fsp3) is 0.435. The molecule has 1 aliphatic rings. The van der Waals surface area contributed by atoms with Crippen molar-refractivity contribution in [3.05, 3.63) is 41.6 Å². The first-order valence-electron chi connectivity index (χ1n) is 11.3. The minimum absolute atomic E-state index is 0.0607. The monoisotopic (exact) mass is 519 g/mol. The Balaban J connectivity index is 1.42. The van der Waals surface area contributed by atoms with Crippen molar-refractivity contribution in [3.63, 3.8) is 0 Å². The van der Waals surface area contributed by atoms with Crippen molar-refractivity contribution in [2.75, 3.05) is 25.5 Å². The lowest BCUT2D eigenvalue weighted by Crippen LogP contribution is -2.40. The summed E-state index contributed by atoms with van der Waals surface area (Å²) in [5, 5.41) is 8.88. The van der Waals surface area contributed by atoms with Crippen LogP contribution in [0.4, 0.5) is 5.69 Å². The number of sulfonamides is 1. The van der Waals surface area contributed by atoms with Gasteiger partial charge in [0.15, 0.2) is 0 Å². The van der Waals surface area contributed by atoms with Crippen LogP contribution in [0.5, 0.6) is 5.75 Å². The van der Waals surface area contributed by atoms with Gasteiger partial charge in [-0.1, -0.05) is 11.2 Å². The summed E-state index contributed by atoms with van der Waals surface area (Å²) in [5.41, 5.74) is 0.318. The summed E-state index contributed by atoms with van der Waals surface area (Å²) in [6.45, 7) is 5.29. The van der Waals surface area contributed by atoms with Crippen LogP contribution in [0, 0.1) is 5.92 Å². The number of carbonyl (C=O) groups excluding carboxylic acids is 1. The van der Waals surface area contributed by atoms with Crippen LogP contribution >= 0.6 is 11.3 Å². The second-order valence-corrected chi connectivity index (χ2v) is 11.4.